The zero-order valence-electron chi connectivity index (χ0n) is 18.8. The number of rotatable bonds is 5. The van der Waals surface area contributed by atoms with Gasteiger partial charge in [-0.3, -0.25) is 10.1 Å². The number of amides is 1. The highest BCUT2D eigenvalue weighted by Gasteiger charge is 2.25. The molecule has 0 fully saturated rings. The quantitative estimate of drug-likeness (QED) is 0.242. The highest BCUT2D eigenvalue weighted by Crippen LogP contribution is 2.43. The van der Waals surface area contributed by atoms with E-state index in [4.69, 9.17) is 11.5 Å². The van der Waals surface area contributed by atoms with E-state index in [1.165, 1.54) is 16.9 Å². The number of hydrogen-bond acceptors (Lipinski definition) is 9. The van der Waals surface area contributed by atoms with Crippen LogP contribution in [0.1, 0.15) is 40.6 Å². The van der Waals surface area contributed by atoms with E-state index in [9.17, 15) is 10.1 Å². The van der Waals surface area contributed by atoms with E-state index in [2.05, 4.69) is 35.2 Å². The zero-order chi connectivity index (χ0) is 24.7. The van der Waals surface area contributed by atoms with Crippen LogP contribution in [0.2, 0.25) is 0 Å². The van der Waals surface area contributed by atoms with Crippen LogP contribution in [-0.2, 0) is 0 Å². The average molecular weight is 517 g/mol. The van der Waals surface area contributed by atoms with Crippen LogP contribution in [-0.4, -0.2) is 15.9 Å². The molecule has 0 radical (unpaired) electrons. The first-order chi connectivity index (χ1) is 16.9. The van der Waals surface area contributed by atoms with Crippen LogP contribution in [0.15, 0.2) is 47.2 Å². The normalized spacial score (nSPS) is 11.1. The number of thiazole rings is 1. The van der Waals surface area contributed by atoms with Crippen molar-refractivity contribution in [1.29, 1.82) is 5.26 Å². The fourth-order valence-corrected chi connectivity index (χ4v) is 6.27. The number of pyridine rings is 1. The predicted octanol–water partition coefficient (Wildman–Crippen LogP) is 6.56. The zero-order valence-corrected chi connectivity index (χ0v) is 21.3. The van der Waals surface area contributed by atoms with Crippen molar-refractivity contribution in [2.24, 2.45) is 0 Å². The highest BCUT2D eigenvalue weighted by atomic mass is 32.1. The summed E-state index contributed by atoms with van der Waals surface area (Å²) in [7, 11) is 0. The first-order valence-electron chi connectivity index (χ1n) is 10.7. The lowest BCUT2D eigenvalue weighted by atomic mass is 9.94. The lowest BCUT2D eigenvalue weighted by Crippen LogP contribution is -2.11. The number of nitrogens with two attached hydrogens (primary N) is 2. The maximum Gasteiger partial charge on any atom is 0.269 e. The molecule has 1 aromatic carbocycles. The summed E-state index contributed by atoms with van der Waals surface area (Å²) >= 11 is 4.08. The van der Waals surface area contributed by atoms with Gasteiger partial charge in [0.05, 0.1) is 16.3 Å². The second-order valence-corrected chi connectivity index (χ2v) is 10.9. The van der Waals surface area contributed by atoms with Gasteiger partial charge in [-0.25, -0.2) is 9.97 Å². The van der Waals surface area contributed by atoms with E-state index in [0.717, 1.165) is 27.5 Å². The number of hydrogen-bond donors (Lipinski definition) is 3. The number of fused-ring (bicyclic) bond motifs is 1. The van der Waals surface area contributed by atoms with Crippen molar-refractivity contribution >= 4 is 66.8 Å². The van der Waals surface area contributed by atoms with Crippen molar-refractivity contribution in [1.82, 2.24) is 9.97 Å². The molecule has 0 bridgehead atoms. The Morgan fingerprint density at radius 2 is 1.89 bits per heavy atom. The molecule has 5 N–H and O–H groups in total. The number of nitrogen functional groups attached to an aromatic ring is 2. The van der Waals surface area contributed by atoms with Gasteiger partial charge in [-0.05, 0) is 28.5 Å². The minimum absolute atomic E-state index is 0.108. The molecule has 0 unspecified atom stereocenters. The summed E-state index contributed by atoms with van der Waals surface area (Å²) in [6, 6.07) is 14.0. The van der Waals surface area contributed by atoms with E-state index < -0.39 is 0 Å². The summed E-state index contributed by atoms with van der Waals surface area (Å²) in [5.74, 6) is 0.0992. The molecule has 0 spiro atoms. The molecular formula is C25H20N6OS3. The maximum absolute atomic E-state index is 13.2. The minimum atomic E-state index is -0.379. The molecule has 7 nitrogen and oxygen atoms in total. The molecule has 4 heterocycles. The molecule has 0 aliphatic heterocycles. The lowest BCUT2D eigenvalue weighted by molar-refractivity contribution is 0.103. The van der Waals surface area contributed by atoms with Crippen LogP contribution in [0, 0.1) is 11.3 Å². The number of nitrogens with zero attached hydrogens (tertiary/aromatic N) is 3. The van der Waals surface area contributed by atoms with Gasteiger partial charge in [0.2, 0.25) is 0 Å². The molecule has 0 aliphatic rings. The van der Waals surface area contributed by atoms with E-state index in [1.54, 1.807) is 11.3 Å². The number of carbonyl (C=O) groups is 1. The van der Waals surface area contributed by atoms with Gasteiger partial charge < -0.3 is 11.5 Å². The monoisotopic (exact) mass is 516 g/mol. The van der Waals surface area contributed by atoms with Crippen LogP contribution in [0.3, 0.4) is 0 Å². The van der Waals surface area contributed by atoms with E-state index >= 15 is 0 Å². The molecule has 0 saturated carbocycles. The number of thiophene rings is 2. The molecule has 5 aromatic rings. The van der Waals surface area contributed by atoms with Crippen molar-refractivity contribution < 1.29 is 4.79 Å². The molecule has 0 atom stereocenters. The third-order valence-electron chi connectivity index (χ3n) is 5.59. The molecule has 35 heavy (non-hydrogen) atoms. The molecule has 10 heteroatoms. The van der Waals surface area contributed by atoms with E-state index in [0.29, 0.717) is 31.7 Å². The Balaban J connectivity index is 1.57. The molecule has 174 valence electrons. The molecule has 0 aliphatic carbocycles. The fraction of sp³-hybridized carbons (Fsp3) is 0.120. The van der Waals surface area contributed by atoms with Crippen molar-refractivity contribution in [2.75, 3.05) is 16.8 Å². The predicted molar refractivity (Wildman–Crippen MR) is 146 cm³/mol. The SMILES string of the molecule is CC(C)c1ccc(-c2c(C#N)c(N)nc3sc(C(=O)Nc4nc(-c5cccs5)cs4)c(N)c23)cc1. The van der Waals surface area contributed by atoms with Gasteiger partial charge in [0, 0.05) is 16.3 Å². The summed E-state index contributed by atoms with van der Waals surface area (Å²) in [6.07, 6.45) is 0. The van der Waals surface area contributed by atoms with Crippen molar-refractivity contribution in [3.8, 4) is 27.8 Å². The van der Waals surface area contributed by atoms with Gasteiger partial charge in [-0.2, -0.15) is 5.26 Å². The van der Waals surface area contributed by atoms with Gasteiger partial charge in [0.25, 0.3) is 5.91 Å². The molecule has 0 saturated heterocycles. The molecular weight excluding hydrogens is 497 g/mol. The Hall–Kier alpha value is -3.78. The number of nitrogens with one attached hydrogen (secondary N) is 1. The van der Waals surface area contributed by atoms with Crippen molar-refractivity contribution in [3.63, 3.8) is 0 Å². The third-order valence-corrected chi connectivity index (χ3v) is 8.34. The van der Waals surface area contributed by atoms with Crippen LogP contribution >= 0.6 is 34.0 Å². The first kappa shape index (κ1) is 23.0. The molecule has 1 amide bonds. The maximum atomic E-state index is 13.2. The second kappa shape index (κ2) is 9.11. The Kier molecular flexibility index (Phi) is 5.98. The van der Waals surface area contributed by atoms with Gasteiger partial charge in [0.15, 0.2) is 5.13 Å². The fourth-order valence-electron chi connectivity index (χ4n) is 3.80. The summed E-state index contributed by atoms with van der Waals surface area (Å²) in [5.41, 5.74) is 16.5. The standard InChI is InChI=1S/C25H20N6OS3/c1-12(2)13-5-7-14(8-6-13)18-15(10-26)22(28)30-24-19(18)20(27)21(35-24)23(32)31-25-29-16(11-34-25)17-4-3-9-33-17/h3-9,11-12H,27H2,1-2H3,(H2,28,30)(H,29,31,32). The summed E-state index contributed by atoms with van der Waals surface area (Å²) in [6.45, 7) is 4.23. The third kappa shape index (κ3) is 4.14. The van der Waals surface area contributed by atoms with Crippen LogP contribution < -0.4 is 16.8 Å². The van der Waals surface area contributed by atoms with Crippen molar-refractivity contribution in [3.05, 3.63) is 63.2 Å². The van der Waals surface area contributed by atoms with Crippen molar-refractivity contribution in [2.45, 2.75) is 19.8 Å². The molecule has 5 rings (SSSR count). The van der Waals surface area contributed by atoms with Crippen LogP contribution in [0.25, 0.3) is 31.9 Å². The number of nitriles is 1. The highest BCUT2D eigenvalue weighted by molar-refractivity contribution is 7.21. The summed E-state index contributed by atoms with van der Waals surface area (Å²) in [5, 5.41) is 17.6. The topological polar surface area (TPSA) is 131 Å². The Labute approximate surface area is 213 Å². The average Bonchev–Trinajstić information content (AvgIpc) is 3.59. The van der Waals surface area contributed by atoms with E-state index in [-0.39, 0.29) is 23.0 Å². The first-order valence-corrected chi connectivity index (χ1v) is 13.3. The summed E-state index contributed by atoms with van der Waals surface area (Å²) in [4.78, 5) is 23.9. The second-order valence-electron chi connectivity index (χ2n) is 8.13. The lowest BCUT2D eigenvalue weighted by Gasteiger charge is -2.11. The molecule has 4 aromatic heterocycles. The largest absolute Gasteiger partial charge is 0.397 e. The number of aromatic nitrogens is 2. The van der Waals surface area contributed by atoms with Gasteiger partial charge in [-0.15, -0.1) is 34.0 Å². The number of benzene rings is 1. The Bertz CT molecular complexity index is 1590. The minimum Gasteiger partial charge on any atom is -0.397 e. The van der Waals surface area contributed by atoms with Crippen LogP contribution in [0.4, 0.5) is 16.6 Å². The summed E-state index contributed by atoms with van der Waals surface area (Å²) < 4.78 is 0. The van der Waals surface area contributed by atoms with E-state index in [1.807, 2.05) is 47.2 Å². The van der Waals surface area contributed by atoms with Gasteiger partial charge in [0.1, 0.15) is 27.2 Å². The number of carbonyl (C=O) groups excluding carboxylic acids is 1. The van der Waals surface area contributed by atoms with Gasteiger partial charge >= 0.3 is 0 Å². The van der Waals surface area contributed by atoms with Crippen LogP contribution in [0.5, 0.6) is 0 Å². The van der Waals surface area contributed by atoms with Gasteiger partial charge in [-0.1, -0.05) is 44.2 Å². The Morgan fingerprint density at radius 1 is 1.11 bits per heavy atom. The Morgan fingerprint density at radius 3 is 2.54 bits per heavy atom. The number of anilines is 3. The smallest absolute Gasteiger partial charge is 0.269 e.